The number of cyclic esters (lactones) is 1. The van der Waals surface area contributed by atoms with Crippen molar-refractivity contribution in [2.24, 2.45) is 4.99 Å². The van der Waals surface area contributed by atoms with Crippen LogP contribution in [0.2, 0.25) is 0 Å². The van der Waals surface area contributed by atoms with Crippen molar-refractivity contribution in [1.29, 1.82) is 0 Å². The van der Waals surface area contributed by atoms with Gasteiger partial charge >= 0.3 is 5.97 Å². The van der Waals surface area contributed by atoms with Gasteiger partial charge in [0.05, 0.1) is 11.5 Å². The molecular formula is C20H18N2O5. The minimum absolute atomic E-state index is 0.0537. The molecule has 138 valence electrons. The van der Waals surface area contributed by atoms with Crippen LogP contribution >= 0.6 is 0 Å². The Balaban J connectivity index is 1.97. The number of esters is 1. The molecule has 0 fully saturated rings. The van der Waals surface area contributed by atoms with E-state index in [9.17, 15) is 14.9 Å². The van der Waals surface area contributed by atoms with Crippen LogP contribution in [0.4, 0.5) is 5.69 Å². The average molecular weight is 366 g/mol. The molecule has 0 saturated heterocycles. The molecule has 0 atom stereocenters. The van der Waals surface area contributed by atoms with Gasteiger partial charge in [-0.15, -0.1) is 0 Å². The maximum absolute atomic E-state index is 12.2. The number of nitro groups is 1. The van der Waals surface area contributed by atoms with E-state index in [4.69, 9.17) is 9.47 Å². The van der Waals surface area contributed by atoms with Gasteiger partial charge in [-0.05, 0) is 31.6 Å². The Labute approximate surface area is 156 Å². The van der Waals surface area contributed by atoms with Gasteiger partial charge in [-0.3, -0.25) is 10.1 Å². The van der Waals surface area contributed by atoms with Gasteiger partial charge in [0.15, 0.2) is 5.70 Å². The highest BCUT2D eigenvalue weighted by molar-refractivity contribution is 6.13. The SMILES string of the molecule is CCCOc1ccccc1/C=C1\N=C(c2cccc([N+](=O)[O-])c2C)OC1=O. The minimum atomic E-state index is -0.610. The zero-order chi connectivity index (χ0) is 19.4. The van der Waals surface area contributed by atoms with Crippen LogP contribution in [0.5, 0.6) is 5.75 Å². The molecule has 3 rings (SSSR count). The molecule has 27 heavy (non-hydrogen) atoms. The van der Waals surface area contributed by atoms with Gasteiger partial charge in [0.25, 0.3) is 5.69 Å². The molecule has 1 aliphatic heterocycles. The smallest absolute Gasteiger partial charge is 0.363 e. The van der Waals surface area contributed by atoms with Gasteiger partial charge < -0.3 is 9.47 Å². The van der Waals surface area contributed by atoms with Gasteiger partial charge in [-0.25, -0.2) is 9.79 Å². The second kappa shape index (κ2) is 7.82. The molecule has 0 bridgehead atoms. The number of ether oxygens (including phenoxy) is 2. The number of carbonyl (C=O) groups is 1. The summed E-state index contributed by atoms with van der Waals surface area (Å²) in [6, 6.07) is 11.9. The molecule has 0 radical (unpaired) electrons. The number of benzene rings is 2. The molecular weight excluding hydrogens is 348 g/mol. The fraction of sp³-hybridized carbons (Fsp3) is 0.200. The van der Waals surface area contributed by atoms with Crippen LogP contribution in [0.15, 0.2) is 53.2 Å². The van der Waals surface area contributed by atoms with Crippen LogP contribution in [-0.2, 0) is 9.53 Å². The molecule has 7 heteroatoms. The van der Waals surface area contributed by atoms with Crippen LogP contribution in [0.1, 0.15) is 30.0 Å². The number of nitro benzene ring substituents is 1. The molecule has 0 spiro atoms. The topological polar surface area (TPSA) is 91.0 Å². The summed E-state index contributed by atoms with van der Waals surface area (Å²) >= 11 is 0. The van der Waals surface area contributed by atoms with Crippen molar-refractivity contribution in [3.8, 4) is 5.75 Å². The Morgan fingerprint density at radius 2 is 2.00 bits per heavy atom. The van der Waals surface area contributed by atoms with Crippen LogP contribution < -0.4 is 4.74 Å². The summed E-state index contributed by atoms with van der Waals surface area (Å²) in [6.07, 6.45) is 2.45. The second-order valence-electron chi connectivity index (χ2n) is 5.93. The quantitative estimate of drug-likeness (QED) is 0.333. The molecule has 2 aromatic rings. The summed E-state index contributed by atoms with van der Waals surface area (Å²) in [5.74, 6) is 0.0930. The predicted molar refractivity (Wildman–Crippen MR) is 101 cm³/mol. The Morgan fingerprint density at radius 3 is 2.74 bits per heavy atom. The Hall–Kier alpha value is -3.48. The summed E-state index contributed by atoms with van der Waals surface area (Å²) in [5.41, 5.74) is 1.57. The molecule has 0 amide bonds. The van der Waals surface area contributed by atoms with Crippen molar-refractivity contribution >= 4 is 23.6 Å². The number of rotatable bonds is 6. The maximum Gasteiger partial charge on any atom is 0.363 e. The van der Waals surface area contributed by atoms with Gasteiger partial charge in [0, 0.05) is 22.8 Å². The molecule has 0 unspecified atom stereocenters. The largest absolute Gasteiger partial charge is 0.493 e. The monoisotopic (exact) mass is 366 g/mol. The molecule has 0 aromatic heterocycles. The lowest BCUT2D eigenvalue weighted by molar-refractivity contribution is -0.385. The summed E-state index contributed by atoms with van der Waals surface area (Å²) in [4.78, 5) is 27.1. The number of carbonyl (C=O) groups excluding carboxylic acids is 1. The van der Waals surface area contributed by atoms with Crippen LogP contribution in [0.3, 0.4) is 0 Å². The molecule has 0 N–H and O–H groups in total. The Bertz CT molecular complexity index is 963. The molecule has 0 aliphatic carbocycles. The number of nitrogens with zero attached hydrogens (tertiary/aromatic N) is 2. The normalized spacial score (nSPS) is 14.8. The van der Waals surface area contributed by atoms with E-state index in [2.05, 4.69) is 4.99 Å². The second-order valence-corrected chi connectivity index (χ2v) is 5.93. The standard InChI is InChI=1S/C20H18N2O5/c1-3-11-26-18-10-5-4-7-14(18)12-16-20(23)27-19(21-16)15-8-6-9-17(13(15)2)22(24)25/h4-10,12H,3,11H2,1-2H3/b16-12-. The van der Waals surface area contributed by atoms with E-state index < -0.39 is 10.9 Å². The first-order valence-electron chi connectivity index (χ1n) is 8.50. The number of aliphatic imine (C=N–C) groups is 1. The van der Waals surface area contributed by atoms with Crippen molar-refractivity contribution in [1.82, 2.24) is 0 Å². The zero-order valence-corrected chi connectivity index (χ0v) is 15.0. The van der Waals surface area contributed by atoms with E-state index in [1.165, 1.54) is 12.1 Å². The lowest BCUT2D eigenvalue weighted by Gasteiger charge is -2.07. The first kappa shape index (κ1) is 18.3. The van der Waals surface area contributed by atoms with E-state index in [1.807, 2.05) is 31.2 Å². The molecule has 1 aliphatic rings. The molecule has 0 saturated carbocycles. The summed E-state index contributed by atoms with van der Waals surface area (Å²) in [5, 5.41) is 11.1. The fourth-order valence-corrected chi connectivity index (χ4v) is 2.67. The maximum atomic E-state index is 12.2. The summed E-state index contributed by atoms with van der Waals surface area (Å²) in [6.45, 7) is 4.17. The fourth-order valence-electron chi connectivity index (χ4n) is 2.67. The van der Waals surface area contributed by atoms with Crippen LogP contribution in [0, 0.1) is 17.0 Å². The van der Waals surface area contributed by atoms with Gasteiger partial charge in [-0.2, -0.15) is 0 Å². The van der Waals surface area contributed by atoms with Gasteiger partial charge in [-0.1, -0.05) is 31.2 Å². The van der Waals surface area contributed by atoms with Crippen LogP contribution in [-0.4, -0.2) is 23.4 Å². The minimum Gasteiger partial charge on any atom is -0.493 e. The third-order valence-corrected chi connectivity index (χ3v) is 4.03. The van der Waals surface area contributed by atoms with Crippen molar-refractivity contribution in [2.45, 2.75) is 20.3 Å². The Kier molecular flexibility index (Phi) is 5.30. The number of hydrogen-bond donors (Lipinski definition) is 0. The van der Waals surface area contributed by atoms with E-state index in [0.717, 1.165) is 6.42 Å². The van der Waals surface area contributed by atoms with Gasteiger partial charge in [0.1, 0.15) is 5.75 Å². The molecule has 7 nitrogen and oxygen atoms in total. The third kappa shape index (κ3) is 3.87. The van der Waals surface area contributed by atoms with E-state index in [1.54, 1.807) is 19.1 Å². The number of para-hydroxylation sites is 1. The van der Waals surface area contributed by atoms with Crippen molar-refractivity contribution in [3.63, 3.8) is 0 Å². The summed E-state index contributed by atoms with van der Waals surface area (Å²) in [7, 11) is 0. The van der Waals surface area contributed by atoms with Crippen molar-refractivity contribution < 1.29 is 19.2 Å². The zero-order valence-electron chi connectivity index (χ0n) is 15.0. The average Bonchev–Trinajstić information content (AvgIpc) is 3.01. The molecule has 1 heterocycles. The first-order valence-corrected chi connectivity index (χ1v) is 8.50. The van der Waals surface area contributed by atoms with Crippen molar-refractivity contribution in [3.05, 3.63) is 75.0 Å². The highest BCUT2D eigenvalue weighted by atomic mass is 16.6. The van der Waals surface area contributed by atoms with Gasteiger partial charge in [0.2, 0.25) is 5.90 Å². The van der Waals surface area contributed by atoms with E-state index in [-0.39, 0.29) is 17.3 Å². The third-order valence-electron chi connectivity index (χ3n) is 4.03. The first-order chi connectivity index (χ1) is 13.0. The predicted octanol–water partition coefficient (Wildman–Crippen LogP) is 4.04. The number of hydrogen-bond acceptors (Lipinski definition) is 6. The van der Waals surface area contributed by atoms with Crippen molar-refractivity contribution in [2.75, 3.05) is 6.61 Å². The Morgan fingerprint density at radius 1 is 1.22 bits per heavy atom. The highest BCUT2D eigenvalue weighted by Gasteiger charge is 2.27. The highest BCUT2D eigenvalue weighted by Crippen LogP contribution is 2.27. The van der Waals surface area contributed by atoms with E-state index >= 15 is 0 Å². The molecule has 2 aromatic carbocycles. The lowest BCUT2D eigenvalue weighted by atomic mass is 10.1. The summed E-state index contributed by atoms with van der Waals surface area (Å²) < 4.78 is 10.9. The van der Waals surface area contributed by atoms with Crippen LogP contribution in [0.25, 0.3) is 6.08 Å². The lowest BCUT2D eigenvalue weighted by Crippen LogP contribution is -2.08. The van der Waals surface area contributed by atoms with E-state index in [0.29, 0.717) is 29.0 Å².